The third kappa shape index (κ3) is 4.20. The molecule has 1 nitrogen and oxygen atoms in total. The van der Waals surface area contributed by atoms with Crippen LogP contribution in [0.25, 0.3) is 0 Å². The zero-order valence-corrected chi connectivity index (χ0v) is 12.0. The highest BCUT2D eigenvalue weighted by Crippen LogP contribution is 2.72. The Morgan fingerprint density at radius 1 is 0.650 bits per heavy atom. The van der Waals surface area contributed by atoms with Crippen molar-refractivity contribution in [1.29, 1.82) is 0 Å². The van der Waals surface area contributed by atoms with Crippen LogP contribution >= 0.6 is 8.15 Å². The summed E-state index contributed by atoms with van der Waals surface area (Å²) in [6.45, 7) is 2.75. The predicted molar refractivity (Wildman–Crippen MR) is 53.4 cm³/mol. The second-order valence-corrected chi connectivity index (χ2v) is 11.2. The molecule has 0 aliphatic rings. The van der Waals surface area contributed by atoms with Crippen molar-refractivity contribution in [3.63, 3.8) is 0 Å². The molecule has 0 aliphatic carbocycles. The molecule has 20 heavy (non-hydrogen) atoms. The summed E-state index contributed by atoms with van der Waals surface area (Å²) in [5.74, 6) is 0. The van der Waals surface area contributed by atoms with Gasteiger partial charge in [0.1, 0.15) is 0 Å². The highest BCUT2D eigenvalue weighted by molar-refractivity contribution is 7.56. The standard InChI is InChI=1S/C7H9F10OPSi/c1-20(2,3)18-19(6(14,15)4(8,9)10)7(16,17)5(11,12)13/h1-3H3. The highest BCUT2D eigenvalue weighted by atomic mass is 31.1. The number of alkyl halides is 10. The molecule has 0 aromatic heterocycles. The van der Waals surface area contributed by atoms with E-state index in [1.165, 1.54) is 0 Å². The monoisotopic (exact) mass is 358 g/mol. The molecule has 0 spiro atoms. The van der Waals surface area contributed by atoms with Crippen molar-refractivity contribution in [2.75, 3.05) is 0 Å². The van der Waals surface area contributed by atoms with Crippen LogP contribution < -0.4 is 0 Å². The molecule has 13 heteroatoms. The highest BCUT2D eigenvalue weighted by Gasteiger charge is 2.77. The lowest BCUT2D eigenvalue weighted by atomic mass is 10.7. The molecule has 0 amide bonds. The summed E-state index contributed by atoms with van der Waals surface area (Å²) < 4.78 is 128. The van der Waals surface area contributed by atoms with E-state index in [1.54, 1.807) is 0 Å². The Morgan fingerprint density at radius 2 is 0.900 bits per heavy atom. The minimum Gasteiger partial charge on any atom is -0.387 e. The smallest absolute Gasteiger partial charge is 0.387 e. The van der Waals surface area contributed by atoms with Crippen molar-refractivity contribution in [3.8, 4) is 0 Å². The maximum absolute atomic E-state index is 13.0. The largest absolute Gasteiger partial charge is 0.460 e. The lowest BCUT2D eigenvalue weighted by Crippen LogP contribution is -2.47. The van der Waals surface area contributed by atoms with E-state index in [0.29, 0.717) is 0 Å². The van der Waals surface area contributed by atoms with Gasteiger partial charge >= 0.3 is 23.7 Å². The van der Waals surface area contributed by atoms with Gasteiger partial charge in [-0.3, -0.25) is 0 Å². The summed E-state index contributed by atoms with van der Waals surface area (Å²) >= 11 is 0. The van der Waals surface area contributed by atoms with Gasteiger partial charge in [-0.2, -0.15) is 43.9 Å². The van der Waals surface area contributed by atoms with E-state index < -0.39 is 40.1 Å². The van der Waals surface area contributed by atoms with Crippen LogP contribution in [-0.4, -0.2) is 32.0 Å². The Balaban J connectivity index is 5.89. The molecular weight excluding hydrogens is 349 g/mol. The number of rotatable bonds is 4. The van der Waals surface area contributed by atoms with Gasteiger partial charge in [0, 0.05) is 0 Å². The first-order valence-corrected chi connectivity index (χ1v) is 9.39. The first-order chi connectivity index (χ1) is 8.34. The second kappa shape index (κ2) is 5.27. The van der Waals surface area contributed by atoms with Crippen LogP contribution in [-0.2, 0) is 4.21 Å². The van der Waals surface area contributed by atoms with Crippen LogP contribution in [0.2, 0.25) is 19.6 Å². The zero-order chi connectivity index (χ0) is 16.8. The topological polar surface area (TPSA) is 9.23 Å². The molecule has 0 fully saturated rings. The molecule has 0 aromatic rings. The maximum atomic E-state index is 13.0. The number of hydrogen-bond acceptors (Lipinski definition) is 1. The molecule has 0 N–H and O–H groups in total. The molecule has 0 heterocycles. The van der Waals surface area contributed by atoms with Crippen molar-refractivity contribution < 1.29 is 48.1 Å². The van der Waals surface area contributed by atoms with E-state index in [2.05, 4.69) is 4.21 Å². The summed E-state index contributed by atoms with van der Waals surface area (Å²) in [7, 11) is -8.99. The van der Waals surface area contributed by atoms with E-state index in [1.807, 2.05) is 0 Å². The Morgan fingerprint density at radius 3 is 1.05 bits per heavy atom. The van der Waals surface area contributed by atoms with Crippen molar-refractivity contribution >= 4 is 16.5 Å². The number of halogens is 10. The van der Waals surface area contributed by atoms with E-state index in [9.17, 15) is 43.9 Å². The van der Waals surface area contributed by atoms with Crippen molar-refractivity contribution in [1.82, 2.24) is 0 Å². The molecular formula is C7H9F10OPSi. The van der Waals surface area contributed by atoms with Crippen LogP contribution in [0.15, 0.2) is 0 Å². The lowest BCUT2D eigenvalue weighted by molar-refractivity contribution is -0.265. The average molecular weight is 358 g/mol. The summed E-state index contributed by atoms with van der Waals surface area (Å²) in [4.78, 5) is 0. The first-order valence-electron chi connectivity index (χ1n) is 4.72. The zero-order valence-electron chi connectivity index (χ0n) is 10.1. The molecule has 0 saturated heterocycles. The van der Waals surface area contributed by atoms with Crippen LogP contribution in [0, 0.1) is 0 Å². The molecule has 0 bridgehead atoms. The van der Waals surface area contributed by atoms with Gasteiger partial charge < -0.3 is 4.21 Å². The van der Waals surface area contributed by atoms with Gasteiger partial charge in [0.15, 0.2) is 16.5 Å². The van der Waals surface area contributed by atoms with Crippen molar-refractivity contribution in [2.24, 2.45) is 0 Å². The lowest BCUT2D eigenvalue weighted by Gasteiger charge is -2.37. The fraction of sp³-hybridized carbons (Fsp3) is 1.00. The molecule has 0 saturated carbocycles. The SMILES string of the molecule is C[Si](C)(C)OP(C(F)(F)C(F)(F)F)C(F)(F)C(F)(F)F. The van der Waals surface area contributed by atoms with E-state index >= 15 is 0 Å². The van der Waals surface area contributed by atoms with Crippen LogP contribution in [0.4, 0.5) is 43.9 Å². The van der Waals surface area contributed by atoms with Gasteiger partial charge in [0.25, 0.3) is 0 Å². The molecule has 0 rings (SSSR count). The van der Waals surface area contributed by atoms with Gasteiger partial charge in [0.05, 0.1) is 0 Å². The fourth-order valence-electron chi connectivity index (χ4n) is 0.795. The van der Waals surface area contributed by atoms with E-state index in [4.69, 9.17) is 0 Å². The Bertz CT molecular complexity index is 317. The summed E-state index contributed by atoms with van der Waals surface area (Å²) in [5.41, 5.74) is -12.6. The van der Waals surface area contributed by atoms with Crippen LogP contribution in [0.5, 0.6) is 0 Å². The minimum absolute atomic E-state index is 0.918. The van der Waals surface area contributed by atoms with Gasteiger partial charge in [-0.1, -0.05) is 0 Å². The normalized spacial score (nSPS) is 15.9. The predicted octanol–water partition coefficient (Wildman–Crippen LogP) is 5.55. The quantitative estimate of drug-likeness (QED) is 0.364. The summed E-state index contributed by atoms with van der Waals surface area (Å²) in [6, 6.07) is 0. The van der Waals surface area contributed by atoms with E-state index in [-0.39, 0.29) is 0 Å². The van der Waals surface area contributed by atoms with Gasteiger partial charge in [0.2, 0.25) is 0 Å². The third-order valence-electron chi connectivity index (χ3n) is 1.56. The minimum atomic E-state index is -6.58. The average Bonchev–Trinajstić information content (AvgIpc) is 2.08. The van der Waals surface area contributed by atoms with Crippen molar-refractivity contribution in [2.45, 2.75) is 43.3 Å². The maximum Gasteiger partial charge on any atom is 0.460 e. The Hall–Kier alpha value is -0.0931. The van der Waals surface area contributed by atoms with Gasteiger partial charge in [-0.15, -0.1) is 0 Å². The first kappa shape index (κ1) is 19.9. The molecule has 0 atom stereocenters. The molecule has 0 aliphatic heterocycles. The molecule has 0 unspecified atom stereocenters. The third-order valence-corrected chi connectivity index (χ3v) is 6.01. The number of hydrogen-bond donors (Lipinski definition) is 0. The van der Waals surface area contributed by atoms with Crippen molar-refractivity contribution in [3.05, 3.63) is 0 Å². The Kier molecular flexibility index (Phi) is 5.25. The second-order valence-electron chi connectivity index (χ2n) is 4.58. The van der Waals surface area contributed by atoms with Crippen LogP contribution in [0.1, 0.15) is 0 Å². The Labute approximate surface area is 109 Å². The van der Waals surface area contributed by atoms with Gasteiger partial charge in [-0.05, 0) is 19.6 Å². The fourth-order valence-corrected chi connectivity index (χ4v) is 4.72. The molecule has 0 aromatic carbocycles. The van der Waals surface area contributed by atoms with Gasteiger partial charge in [-0.25, -0.2) is 0 Å². The molecule has 122 valence electrons. The van der Waals surface area contributed by atoms with Crippen LogP contribution in [0.3, 0.4) is 0 Å². The van der Waals surface area contributed by atoms with E-state index in [0.717, 1.165) is 19.6 Å². The summed E-state index contributed by atoms with van der Waals surface area (Å²) in [6.07, 6.45) is -13.2. The molecule has 0 radical (unpaired) electrons. The summed E-state index contributed by atoms with van der Waals surface area (Å²) in [5, 5.41) is 0.